The normalized spacial score (nSPS) is 12.1. The van der Waals surface area contributed by atoms with Crippen molar-refractivity contribution in [3.05, 3.63) is 101 Å². The third kappa shape index (κ3) is 4.21. The lowest BCUT2D eigenvalue weighted by atomic mass is 10.1. The molecule has 1 heterocycles. The average molecular weight is 383 g/mol. The molecular weight excluding hydrogens is 358 g/mol. The number of hydrogen-bond donors (Lipinski definition) is 1. The Kier molecular flexibility index (Phi) is 5.43. The third-order valence-corrected chi connectivity index (χ3v) is 5.24. The number of nitrogens with zero attached hydrogens (tertiary/aromatic N) is 2. The second kappa shape index (κ2) is 8.31. The van der Waals surface area contributed by atoms with Gasteiger partial charge in [-0.05, 0) is 42.7 Å². The van der Waals surface area contributed by atoms with Crippen LogP contribution in [0, 0.1) is 6.92 Å². The minimum absolute atomic E-state index is 0.00474. The molecule has 4 nitrogen and oxygen atoms in total. The molecule has 0 bridgehead atoms. The molecule has 3 aromatic carbocycles. The Morgan fingerprint density at radius 3 is 2.45 bits per heavy atom. The van der Waals surface area contributed by atoms with Crippen molar-refractivity contribution >= 4 is 16.9 Å². The second-order valence-electron chi connectivity index (χ2n) is 7.42. The van der Waals surface area contributed by atoms with Gasteiger partial charge in [0.05, 0.1) is 23.5 Å². The Labute approximate surface area is 171 Å². The fourth-order valence-electron chi connectivity index (χ4n) is 3.70. The first-order chi connectivity index (χ1) is 14.1. The second-order valence-corrected chi connectivity index (χ2v) is 7.42. The number of benzene rings is 3. The van der Waals surface area contributed by atoms with Gasteiger partial charge in [-0.1, -0.05) is 66.7 Å². The van der Waals surface area contributed by atoms with Crippen LogP contribution in [0.3, 0.4) is 0 Å². The molecule has 1 atom stereocenters. The molecule has 1 unspecified atom stereocenters. The molecule has 1 aromatic heterocycles. The predicted octanol–water partition coefficient (Wildman–Crippen LogP) is 4.81. The summed E-state index contributed by atoms with van der Waals surface area (Å²) in [6.07, 6.45) is 0.371. The molecular formula is C25H25N3O. The van der Waals surface area contributed by atoms with Gasteiger partial charge in [0.25, 0.3) is 0 Å². The zero-order chi connectivity index (χ0) is 20.2. The van der Waals surface area contributed by atoms with Crippen LogP contribution in [0.1, 0.15) is 35.5 Å². The molecule has 0 aliphatic carbocycles. The summed E-state index contributed by atoms with van der Waals surface area (Å²) in [5.41, 5.74) is 5.40. The number of para-hydroxylation sites is 2. The van der Waals surface area contributed by atoms with Crippen LogP contribution < -0.4 is 5.32 Å². The highest BCUT2D eigenvalue weighted by molar-refractivity contribution is 5.80. The van der Waals surface area contributed by atoms with E-state index in [1.54, 1.807) is 0 Å². The van der Waals surface area contributed by atoms with E-state index in [4.69, 9.17) is 4.98 Å². The lowest BCUT2D eigenvalue weighted by molar-refractivity contribution is -0.121. The Bertz CT molecular complexity index is 1130. The molecule has 4 aromatic rings. The predicted molar refractivity (Wildman–Crippen MR) is 117 cm³/mol. The summed E-state index contributed by atoms with van der Waals surface area (Å²) in [6, 6.07) is 26.2. The summed E-state index contributed by atoms with van der Waals surface area (Å²) in [6.45, 7) is 4.75. The Morgan fingerprint density at radius 2 is 1.66 bits per heavy atom. The number of amides is 1. The minimum Gasteiger partial charge on any atom is -0.346 e. The highest BCUT2D eigenvalue weighted by Crippen LogP contribution is 2.22. The fraction of sp³-hybridized carbons (Fsp3) is 0.200. The van der Waals surface area contributed by atoms with Crippen molar-refractivity contribution in [3.63, 3.8) is 0 Å². The molecule has 1 amide bonds. The number of aromatic nitrogens is 2. The molecule has 0 saturated heterocycles. The third-order valence-electron chi connectivity index (χ3n) is 5.24. The van der Waals surface area contributed by atoms with Gasteiger partial charge < -0.3 is 9.88 Å². The SMILES string of the molecule is Cc1ccccc1CC(=O)NC(C)c1nc2ccccc2n1Cc1ccccc1. The van der Waals surface area contributed by atoms with E-state index in [9.17, 15) is 4.79 Å². The van der Waals surface area contributed by atoms with Crippen molar-refractivity contribution in [1.82, 2.24) is 14.9 Å². The minimum atomic E-state index is -0.192. The molecule has 1 N–H and O–H groups in total. The van der Waals surface area contributed by atoms with Crippen molar-refractivity contribution < 1.29 is 4.79 Å². The monoisotopic (exact) mass is 383 g/mol. The van der Waals surface area contributed by atoms with Crippen LogP contribution in [-0.2, 0) is 17.8 Å². The largest absolute Gasteiger partial charge is 0.346 e. The van der Waals surface area contributed by atoms with Crippen molar-refractivity contribution in [1.29, 1.82) is 0 Å². The number of carbonyl (C=O) groups is 1. The van der Waals surface area contributed by atoms with Crippen LogP contribution in [0.4, 0.5) is 0 Å². The fourth-order valence-corrected chi connectivity index (χ4v) is 3.70. The van der Waals surface area contributed by atoms with Gasteiger partial charge in [0.15, 0.2) is 0 Å². The number of fused-ring (bicyclic) bond motifs is 1. The Balaban J connectivity index is 1.60. The number of nitrogens with one attached hydrogen (secondary N) is 1. The Morgan fingerprint density at radius 1 is 0.966 bits per heavy atom. The van der Waals surface area contributed by atoms with E-state index in [0.717, 1.165) is 28.0 Å². The van der Waals surface area contributed by atoms with Crippen molar-refractivity contribution in [2.45, 2.75) is 32.9 Å². The topological polar surface area (TPSA) is 46.9 Å². The first-order valence-electron chi connectivity index (χ1n) is 9.95. The number of rotatable bonds is 6. The molecule has 0 spiro atoms. The van der Waals surface area contributed by atoms with Gasteiger partial charge in [-0.25, -0.2) is 4.98 Å². The first kappa shape index (κ1) is 18.9. The van der Waals surface area contributed by atoms with Gasteiger partial charge in [-0.3, -0.25) is 4.79 Å². The van der Waals surface area contributed by atoms with Crippen LogP contribution in [0.5, 0.6) is 0 Å². The number of hydrogen-bond acceptors (Lipinski definition) is 2. The van der Waals surface area contributed by atoms with Crippen LogP contribution in [0.25, 0.3) is 11.0 Å². The summed E-state index contributed by atoms with van der Waals surface area (Å²) in [7, 11) is 0. The quantitative estimate of drug-likeness (QED) is 0.519. The first-order valence-corrected chi connectivity index (χ1v) is 9.95. The highest BCUT2D eigenvalue weighted by Gasteiger charge is 2.19. The average Bonchev–Trinajstić information content (AvgIpc) is 3.09. The summed E-state index contributed by atoms with van der Waals surface area (Å²) < 4.78 is 2.20. The van der Waals surface area contributed by atoms with Crippen LogP contribution >= 0.6 is 0 Å². The molecule has 29 heavy (non-hydrogen) atoms. The van der Waals surface area contributed by atoms with Gasteiger partial charge in [0.2, 0.25) is 5.91 Å². The van der Waals surface area contributed by atoms with Gasteiger partial charge in [0, 0.05) is 6.54 Å². The van der Waals surface area contributed by atoms with Gasteiger partial charge in [-0.2, -0.15) is 0 Å². The van der Waals surface area contributed by atoms with E-state index >= 15 is 0 Å². The van der Waals surface area contributed by atoms with E-state index in [0.29, 0.717) is 13.0 Å². The standard InChI is InChI=1S/C25H25N3O/c1-18-10-6-7-13-21(18)16-24(29)26-19(2)25-27-22-14-8-9-15-23(22)28(25)17-20-11-4-3-5-12-20/h3-15,19H,16-17H2,1-2H3,(H,26,29). The van der Waals surface area contributed by atoms with Gasteiger partial charge in [-0.15, -0.1) is 0 Å². The molecule has 0 radical (unpaired) electrons. The van der Waals surface area contributed by atoms with Crippen LogP contribution in [0.2, 0.25) is 0 Å². The zero-order valence-corrected chi connectivity index (χ0v) is 16.8. The summed E-state index contributed by atoms with van der Waals surface area (Å²) >= 11 is 0. The maximum absolute atomic E-state index is 12.7. The molecule has 4 rings (SSSR count). The maximum Gasteiger partial charge on any atom is 0.225 e. The van der Waals surface area contributed by atoms with Gasteiger partial charge >= 0.3 is 0 Å². The Hall–Kier alpha value is -3.40. The van der Waals surface area contributed by atoms with Crippen molar-refractivity contribution in [2.24, 2.45) is 0 Å². The molecule has 4 heteroatoms. The van der Waals surface area contributed by atoms with E-state index in [2.05, 4.69) is 28.1 Å². The zero-order valence-electron chi connectivity index (χ0n) is 16.8. The smallest absolute Gasteiger partial charge is 0.225 e. The van der Waals surface area contributed by atoms with Crippen LogP contribution in [0.15, 0.2) is 78.9 Å². The lowest BCUT2D eigenvalue weighted by Crippen LogP contribution is -2.30. The molecule has 0 aliphatic rings. The number of aryl methyl sites for hydroxylation is 1. The number of imidazole rings is 1. The summed E-state index contributed by atoms with van der Waals surface area (Å²) in [5.74, 6) is 0.873. The summed E-state index contributed by atoms with van der Waals surface area (Å²) in [5, 5.41) is 3.14. The van der Waals surface area contributed by atoms with E-state index in [-0.39, 0.29) is 11.9 Å². The molecule has 0 aliphatic heterocycles. The van der Waals surface area contributed by atoms with E-state index in [1.165, 1.54) is 5.56 Å². The lowest BCUT2D eigenvalue weighted by Gasteiger charge is -2.17. The molecule has 0 saturated carbocycles. The number of carbonyl (C=O) groups excluding carboxylic acids is 1. The molecule has 0 fully saturated rings. The highest BCUT2D eigenvalue weighted by atomic mass is 16.1. The van der Waals surface area contributed by atoms with Crippen molar-refractivity contribution in [2.75, 3.05) is 0 Å². The van der Waals surface area contributed by atoms with Crippen LogP contribution in [-0.4, -0.2) is 15.5 Å². The summed E-state index contributed by atoms with van der Waals surface area (Å²) in [4.78, 5) is 17.5. The van der Waals surface area contributed by atoms with Gasteiger partial charge in [0.1, 0.15) is 5.82 Å². The molecule has 146 valence electrons. The van der Waals surface area contributed by atoms with E-state index < -0.39 is 0 Å². The maximum atomic E-state index is 12.7. The van der Waals surface area contributed by atoms with E-state index in [1.807, 2.05) is 74.5 Å². The van der Waals surface area contributed by atoms with Crippen molar-refractivity contribution in [3.8, 4) is 0 Å².